The molecule has 1 heterocycles. The second-order valence-electron chi connectivity index (χ2n) is 7.33. The molecule has 2 aromatic rings. The van der Waals surface area contributed by atoms with Crippen LogP contribution in [0.4, 0.5) is 0 Å². The highest BCUT2D eigenvalue weighted by Gasteiger charge is 2.45. The molecule has 0 radical (unpaired) electrons. The summed E-state index contributed by atoms with van der Waals surface area (Å²) in [5.41, 5.74) is 4.00. The average Bonchev–Trinajstić information content (AvgIpc) is 2.82. The molecule has 3 heteroatoms. The average molecular weight is 316 g/mol. The number of ketones is 1. The molecule has 0 aliphatic carbocycles. The van der Waals surface area contributed by atoms with Crippen molar-refractivity contribution in [3.63, 3.8) is 0 Å². The van der Waals surface area contributed by atoms with E-state index in [4.69, 9.17) is 0 Å². The molecule has 0 amide bonds. The Hall–Kier alpha value is -1.35. The van der Waals surface area contributed by atoms with E-state index in [2.05, 4.69) is 64.1 Å². The highest BCUT2D eigenvalue weighted by atomic mass is 28.3. The molecule has 1 aromatic carbocycles. The van der Waals surface area contributed by atoms with Gasteiger partial charge < -0.3 is 4.23 Å². The van der Waals surface area contributed by atoms with E-state index in [9.17, 15) is 4.79 Å². The predicted octanol–water partition coefficient (Wildman–Crippen LogP) is 5.87. The number of benzene rings is 1. The van der Waals surface area contributed by atoms with Crippen LogP contribution in [0.25, 0.3) is 10.9 Å². The van der Waals surface area contributed by atoms with Crippen LogP contribution in [0.2, 0.25) is 16.6 Å². The number of hydrogen-bond acceptors (Lipinski definition) is 1. The van der Waals surface area contributed by atoms with E-state index in [0.29, 0.717) is 16.6 Å². The molecule has 22 heavy (non-hydrogen) atoms. The van der Waals surface area contributed by atoms with Crippen molar-refractivity contribution in [1.29, 1.82) is 0 Å². The van der Waals surface area contributed by atoms with Crippen LogP contribution in [-0.4, -0.2) is 18.3 Å². The lowest BCUT2D eigenvalue weighted by Gasteiger charge is -2.44. The smallest absolute Gasteiger partial charge is 0.169 e. The van der Waals surface area contributed by atoms with Gasteiger partial charge in [-0.15, -0.1) is 0 Å². The van der Waals surface area contributed by atoms with E-state index in [1.54, 1.807) is 6.92 Å². The molecule has 1 aromatic heterocycles. The monoisotopic (exact) mass is 315 g/mol. The fourth-order valence-electron chi connectivity index (χ4n) is 4.65. The van der Waals surface area contributed by atoms with Crippen molar-refractivity contribution in [3.8, 4) is 0 Å². The predicted molar refractivity (Wildman–Crippen MR) is 98.4 cm³/mol. The van der Waals surface area contributed by atoms with Crippen molar-refractivity contribution in [2.24, 2.45) is 0 Å². The van der Waals surface area contributed by atoms with E-state index >= 15 is 0 Å². The minimum atomic E-state index is -1.77. The fourth-order valence-corrected chi connectivity index (χ4v) is 11.3. The maximum absolute atomic E-state index is 11.9. The first kappa shape index (κ1) is 17.0. The second-order valence-corrected chi connectivity index (χ2v) is 13.1. The molecule has 0 bridgehead atoms. The first-order valence-electron chi connectivity index (χ1n) is 8.36. The maximum atomic E-state index is 11.9. The first-order chi connectivity index (χ1) is 10.2. The van der Waals surface area contributed by atoms with Gasteiger partial charge in [0.1, 0.15) is 0 Å². The quantitative estimate of drug-likeness (QED) is 0.500. The molecule has 0 aliphatic rings. The number of carbonyl (C=O) groups excluding carboxylic acids is 1. The van der Waals surface area contributed by atoms with Crippen molar-refractivity contribution < 1.29 is 4.79 Å². The number of nitrogens with zero attached hydrogens (tertiary/aromatic N) is 1. The molecule has 2 rings (SSSR count). The van der Waals surface area contributed by atoms with Gasteiger partial charge in [0.2, 0.25) is 0 Å². The molecule has 0 N–H and O–H groups in total. The minimum absolute atomic E-state index is 0.147. The summed E-state index contributed by atoms with van der Waals surface area (Å²) in [4.78, 5) is 11.9. The van der Waals surface area contributed by atoms with Crippen LogP contribution in [-0.2, 0) is 0 Å². The Bertz CT molecular complexity index is 660. The molecular weight excluding hydrogens is 286 g/mol. The molecule has 0 aliphatic heterocycles. The Labute approximate surface area is 135 Å². The molecule has 0 atom stereocenters. The zero-order chi connectivity index (χ0) is 16.7. The molecular formula is C19H29NOSi. The van der Waals surface area contributed by atoms with Crippen LogP contribution in [0.5, 0.6) is 0 Å². The lowest BCUT2D eigenvalue weighted by molar-refractivity contribution is 0.101. The molecule has 0 saturated heterocycles. The van der Waals surface area contributed by atoms with E-state index < -0.39 is 8.24 Å². The summed E-state index contributed by atoms with van der Waals surface area (Å²) in [5, 5.41) is 1.11. The summed E-state index contributed by atoms with van der Waals surface area (Å²) in [6, 6.07) is 8.28. The normalized spacial score (nSPS) is 12.8. The van der Waals surface area contributed by atoms with Crippen LogP contribution in [0.15, 0.2) is 30.5 Å². The van der Waals surface area contributed by atoms with Gasteiger partial charge in [-0.05, 0) is 41.9 Å². The van der Waals surface area contributed by atoms with Crippen LogP contribution < -0.4 is 0 Å². The summed E-state index contributed by atoms with van der Waals surface area (Å²) in [5.74, 6) is 0.147. The fraction of sp³-hybridized carbons (Fsp3) is 0.526. The van der Waals surface area contributed by atoms with Gasteiger partial charge in [-0.25, -0.2) is 0 Å². The minimum Gasteiger partial charge on any atom is -0.373 e. The van der Waals surface area contributed by atoms with Gasteiger partial charge in [0.05, 0.1) is 0 Å². The summed E-state index contributed by atoms with van der Waals surface area (Å²) in [6.07, 6.45) is 2.24. The van der Waals surface area contributed by atoms with E-state index in [1.165, 1.54) is 5.52 Å². The van der Waals surface area contributed by atoms with Crippen LogP contribution in [0.3, 0.4) is 0 Å². The molecule has 0 saturated carbocycles. The zero-order valence-electron chi connectivity index (χ0n) is 15.0. The van der Waals surface area contributed by atoms with Crippen molar-refractivity contribution in [2.75, 3.05) is 0 Å². The second kappa shape index (κ2) is 6.03. The van der Waals surface area contributed by atoms with Crippen molar-refractivity contribution in [2.45, 2.75) is 65.1 Å². The lowest BCUT2D eigenvalue weighted by Crippen LogP contribution is -2.51. The van der Waals surface area contributed by atoms with Crippen molar-refractivity contribution in [1.82, 2.24) is 4.23 Å². The summed E-state index contributed by atoms with van der Waals surface area (Å²) >= 11 is 0. The number of carbonyl (C=O) groups is 1. The number of aromatic nitrogens is 1. The largest absolute Gasteiger partial charge is 0.373 e. The molecule has 0 fully saturated rings. The van der Waals surface area contributed by atoms with Gasteiger partial charge in [-0.1, -0.05) is 53.7 Å². The van der Waals surface area contributed by atoms with Crippen LogP contribution in [0.1, 0.15) is 58.8 Å². The molecule has 0 spiro atoms. The first-order valence-corrected chi connectivity index (χ1v) is 10.5. The summed E-state index contributed by atoms with van der Waals surface area (Å²) < 4.78 is 2.56. The third-order valence-electron chi connectivity index (χ3n) is 5.30. The van der Waals surface area contributed by atoms with E-state index in [-0.39, 0.29) is 5.78 Å². The van der Waals surface area contributed by atoms with Gasteiger partial charge in [-0.2, -0.15) is 0 Å². The molecule has 0 unspecified atom stereocenters. The SMILES string of the molecule is CC(=O)c1cccc2c1ccn2[Si](C(C)C)(C(C)C)C(C)C. The van der Waals surface area contributed by atoms with Crippen molar-refractivity contribution >= 4 is 24.9 Å². The summed E-state index contributed by atoms with van der Waals surface area (Å²) in [6.45, 7) is 15.9. The Morgan fingerprint density at radius 3 is 1.95 bits per heavy atom. The number of Topliss-reactive ketones (excluding diaryl/α,β-unsaturated/α-hetero) is 1. The van der Waals surface area contributed by atoms with Crippen LogP contribution in [0, 0.1) is 0 Å². The Morgan fingerprint density at radius 2 is 1.50 bits per heavy atom. The highest BCUT2D eigenvalue weighted by molar-refractivity contribution is 6.82. The Morgan fingerprint density at radius 1 is 0.955 bits per heavy atom. The third-order valence-corrected chi connectivity index (χ3v) is 12.1. The summed E-state index contributed by atoms with van der Waals surface area (Å²) in [7, 11) is -1.77. The van der Waals surface area contributed by atoms with E-state index in [1.807, 2.05) is 12.1 Å². The van der Waals surface area contributed by atoms with Gasteiger partial charge >= 0.3 is 0 Å². The standard InChI is InChI=1S/C19H29NOSi/c1-13(2)22(14(3)4,15(5)6)20-12-11-18-17(16(7)21)9-8-10-19(18)20/h8-15H,1-7H3. The third kappa shape index (κ3) is 2.36. The number of rotatable bonds is 5. The van der Waals surface area contributed by atoms with Gasteiger partial charge in [0.15, 0.2) is 14.0 Å². The number of hydrogen-bond donors (Lipinski definition) is 0. The molecule has 2 nitrogen and oxygen atoms in total. The zero-order valence-corrected chi connectivity index (χ0v) is 16.0. The maximum Gasteiger partial charge on any atom is 0.169 e. The van der Waals surface area contributed by atoms with E-state index in [0.717, 1.165) is 10.9 Å². The van der Waals surface area contributed by atoms with Gasteiger partial charge in [-0.3, -0.25) is 4.79 Å². The van der Waals surface area contributed by atoms with Crippen LogP contribution >= 0.6 is 0 Å². The number of fused-ring (bicyclic) bond motifs is 1. The van der Waals surface area contributed by atoms with Crippen molar-refractivity contribution in [3.05, 3.63) is 36.0 Å². The van der Waals surface area contributed by atoms with Gasteiger partial charge in [0.25, 0.3) is 0 Å². The topological polar surface area (TPSA) is 22.0 Å². The van der Waals surface area contributed by atoms with Gasteiger partial charge in [0, 0.05) is 16.5 Å². The Balaban J connectivity index is 2.82. The highest BCUT2D eigenvalue weighted by Crippen LogP contribution is 2.44. The molecule has 120 valence electrons. The Kier molecular flexibility index (Phi) is 4.66. The lowest BCUT2D eigenvalue weighted by atomic mass is 10.1.